The number of hydrogen-bond donors (Lipinski definition) is 2. The number of esters is 1. The minimum Gasteiger partial charge on any atom is -0.462 e. The normalized spacial score (nSPS) is 12.7. The molecule has 0 saturated heterocycles. The molecule has 0 saturated carbocycles. The lowest BCUT2D eigenvalue weighted by atomic mass is 10.1. The standard InChI is InChI=1S/C12H19NO6S/c1-6-19-12(15)9(5)8(4)10(14)13-11(7(2)3)20(16,17)18/h7,11H,4-6H2,1-3H3,(H,13,14)(H,16,17,18). The van der Waals surface area contributed by atoms with Gasteiger partial charge in [-0.3, -0.25) is 9.35 Å². The first-order valence-electron chi connectivity index (χ1n) is 5.84. The van der Waals surface area contributed by atoms with E-state index in [9.17, 15) is 18.0 Å². The number of carbonyl (C=O) groups excluding carboxylic acids is 2. The van der Waals surface area contributed by atoms with Crippen molar-refractivity contribution in [2.45, 2.75) is 26.1 Å². The maximum absolute atomic E-state index is 11.8. The summed E-state index contributed by atoms with van der Waals surface area (Å²) in [5.41, 5.74) is -0.597. The smallest absolute Gasteiger partial charge is 0.338 e. The van der Waals surface area contributed by atoms with E-state index in [0.29, 0.717) is 0 Å². The van der Waals surface area contributed by atoms with E-state index in [1.54, 1.807) is 6.92 Å². The molecule has 8 heteroatoms. The van der Waals surface area contributed by atoms with Crippen molar-refractivity contribution in [2.24, 2.45) is 5.92 Å². The molecule has 0 heterocycles. The quantitative estimate of drug-likeness (QED) is 0.309. The molecule has 1 atom stereocenters. The molecule has 0 rings (SSSR count). The average Bonchev–Trinajstić information content (AvgIpc) is 2.32. The third-order valence-corrected chi connectivity index (χ3v) is 3.66. The van der Waals surface area contributed by atoms with Crippen LogP contribution in [0.2, 0.25) is 0 Å². The van der Waals surface area contributed by atoms with E-state index in [1.807, 2.05) is 0 Å². The van der Waals surface area contributed by atoms with Crippen LogP contribution >= 0.6 is 0 Å². The lowest BCUT2D eigenvalue weighted by molar-refractivity contribution is -0.138. The fourth-order valence-corrected chi connectivity index (χ4v) is 2.22. The van der Waals surface area contributed by atoms with Crippen molar-refractivity contribution >= 4 is 22.0 Å². The molecule has 0 aromatic rings. The molecule has 20 heavy (non-hydrogen) atoms. The first kappa shape index (κ1) is 18.3. The third kappa shape index (κ3) is 5.14. The Hall–Kier alpha value is -1.67. The van der Waals surface area contributed by atoms with Gasteiger partial charge in [0.05, 0.1) is 12.2 Å². The van der Waals surface area contributed by atoms with Gasteiger partial charge in [0.1, 0.15) is 0 Å². The van der Waals surface area contributed by atoms with E-state index in [0.717, 1.165) is 0 Å². The van der Waals surface area contributed by atoms with Gasteiger partial charge < -0.3 is 10.1 Å². The van der Waals surface area contributed by atoms with Crippen LogP contribution in [0.4, 0.5) is 0 Å². The summed E-state index contributed by atoms with van der Waals surface area (Å²) in [6, 6.07) is 0. The SMILES string of the molecule is C=C(C(=C)C(=O)OCC)C(=O)NC(C(C)C)S(=O)(=O)O. The number of amides is 1. The van der Waals surface area contributed by atoms with Gasteiger partial charge in [-0.25, -0.2) is 4.79 Å². The molecule has 0 aliphatic heterocycles. The van der Waals surface area contributed by atoms with E-state index >= 15 is 0 Å². The van der Waals surface area contributed by atoms with Crippen LogP contribution < -0.4 is 5.32 Å². The molecule has 0 aromatic heterocycles. The van der Waals surface area contributed by atoms with Gasteiger partial charge in [0, 0.05) is 5.57 Å². The van der Waals surface area contributed by atoms with Crippen molar-refractivity contribution < 1.29 is 27.3 Å². The highest BCUT2D eigenvalue weighted by molar-refractivity contribution is 7.86. The summed E-state index contributed by atoms with van der Waals surface area (Å²) in [5, 5.41) is 0.591. The summed E-state index contributed by atoms with van der Waals surface area (Å²) in [6.07, 6.45) is 0. The van der Waals surface area contributed by atoms with Gasteiger partial charge in [0.25, 0.3) is 16.0 Å². The minimum atomic E-state index is -4.47. The maximum Gasteiger partial charge on any atom is 0.338 e. The second-order valence-electron chi connectivity index (χ2n) is 4.33. The second-order valence-corrected chi connectivity index (χ2v) is 5.87. The summed E-state index contributed by atoms with van der Waals surface area (Å²) in [7, 11) is -4.47. The van der Waals surface area contributed by atoms with Crippen molar-refractivity contribution in [3.8, 4) is 0 Å². The lowest BCUT2D eigenvalue weighted by Gasteiger charge is -2.20. The predicted octanol–water partition coefficient (Wildman–Crippen LogP) is 0.648. The van der Waals surface area contributed by atoms with Crippen molar-refractivity contribution in [2.75, 3.05) is 6.61 Å². The predicted molar refractivity (Wildman–Crippen MR) is 73.2 cm³/mol. The molecule has 1 unspecified atom stereocenters. The summed E-state index contributed by atoms with van der Waals surface area (Å²) in [4.78, 5) is 23.2. The molecule has 0 fully saturated rings. The van der Waals surface area contributed by atoms with Crippen LogP contribution in [0.15, 0.2) is 24.3 Å². The van der Waals surface area contributed by atoms with Crippen molar-refractivity contribution in [1.82, 2.24) is 5.32 Å². The van der Waals surface area contributed by atoms with Crippen LogP contribution in [0.25, 0.3) is 0 Å². The van der Waals surface area contributed by atoms with E-state index in [1.165, 1.54) is 13.8 Å². The van der Waals surface area contributed by atoms with Gasteiger partial charge in [-0.15, -0.1) is 0 Å². The molecule has 0 bridgehead atoms. The Morgan fingerprint density at radius 1 is 1.25 bits per heavy atom. The average molecular weight is 305 g/mol. The molecule has 2 N–H and O–H groups in total. The molecular weight excluding hydrogens is 286 g/mol. The molecule has 0 aliphatic rings. The molecule has 0 aromatic carbocycles. The number of hydrogen-bond acceptors (Lipinski definition) is 5. The maximum atomic E-state index is 11.8. The monoisotopic (exact) mass is 305 g/mol. The zero-order valence-electron chi connectivity index (χ0n) is 11.7. The molecule has 1 amide bonds. The van der Waals surface area contributed by atoms with E-state index in [-0.39, 0.29) is 17.8 Å². The first-order valence-corrected chi connectivity index (χ1v) is 7.35. The molecule has 0 spiro atoms. The summed E-state index contributed by atoms with van der Waals surface area (Å²) < 4.78 is 35.9. The summed E-state index contributed by atoms with van der Waals surface area (Å²) >= 11 is 0. The van der Waals surface area contributed by atoms with Crippen molar-refractivity contribution in [1.29, 1.82) is 0 Å². The Labute approximate surface area is 118 Å². The number of rotatable bonds is 7. The lowest BCUT2D eigenvalue weighted by Crippen LogP contribution is -2.44. The highest BCUT2D eigenvalue weighted by Gasteiger charge is 2.30. The van der Waals surface area contributed by atoms with Gasteiger partial charge in [-0.05, 0) is 12.8 Å². The van der Waals surface area contributed by atoms with Gasteiger partial charge in [-0.1, -0.05) is 27.0 Å². The Bertz CT molecular complexity index is 520. The number of nitrogens with one attached hydrogen (secondary N) is 1. The van der Waals surface area contributed by atoms with Gasteiger partial charge in [0.15, 0.2) is 5.37 Å². The third-order valence-electron chi connectivity index (χ3n) is 2.36. The van der Waals surface area contributed by atoms with Gasteiger partial charge >= 0.3 is 5.97 Å². The Morgan fingerprint density at radius 3 is 2.10 bits per heavy atom. The minimum absolute atomic E-state index is 0.104. The van der Waals surface area contributed by atoms with E-state index in [4.69, 9.17) is 4.55 Å². The highest BCUT2D eigenvalue weighted by atomic mass is 32.2. The van der Waals surface area contributed by atoms with Gasteiger partial charge in [0.2, 0.25) is 0 Å². The van der Waals surface area contributed by atoms with Crippen LogP contribution in [0, 0.1) is 5.92 Å². The fourth-order valence-electron chi connectivity index (χ4n) is 1.28. The van der Waals surface area contributed by atoms with E-state index in [2.05, 4.69) is 23.2 Å². The molecule has 0 aliphatic carbocycles. The Balaban J connectivity index is 4.96. The zero-order chi connectivity index (χ0) is 16.1. The van der Waals surface area contributed by atoms with Crippen molar-refractivity contribution in [3.63, 3.8) is 0 Å². The van der Waals surface area contributed by atoms with E-state index < -0.39 is 33.3 Å². The topological polar surface area (TPSA) is 110 Å². The van der Waals surface area contributed by atoms with Crippen LogP contribution in [0.3, 0.4) is 0 Å². The van der Waals surface area contributed by atoms with Gasteiger partial charge in [-0.2, -0.15) is 8.42 Å². The number of carbonyl (C=O) groups is 2. The zero-order valence-corrected chi connectivity index (χ0v) is 12.5. The summed E-state index contributed by atoms with van der Waals surface area (Å²) in [5.74, 6) is -2.31. The van der Waals surface area contributed by atoms with Crippen LogP contribution in [0.5, 0.6) is 0 Å². The van der Waals surface area contributed by atoms with Crippen LogP contribution in [-0.4, -0.2) is 36.8 Å². The number of ether oxygens (including phenoxy) is 1. The second kappa shape index (κ2) is 7.20. The molecule has 114 valence electrons. The molecule has 7 nitrogen and oxygen atoms in total. The largest absolute Gasteiger partial charge is 0.462 e. The van der Waals surface area contributed by atoms with Crippen LogP contribution in [0.1, 0.15) is 20.8 Å². The summed E-state index contributed by atoms with van der Waals surface area (Å²) in [6.45, 7) is 11.4. The fraction of sp³-hybridized carbons (Fsp3) is 0.500. The van der Waals surface area contributed by atoms with Crippen molar-refractivity contribution in [3.05, 3.63) is 24.3 Å². The first-order chi connectivity index (χ1) is 9.02. The molecule has 0 radical (unpaired) electrons. The van der Waals surface area contributed by atoms with Crippen LogP contribution in [-0.2, 0) is 24.4 Å². The highest BCUT2D eigenvalue weighted by Crippen LogP contribution is 2.12. The Morgan fingerprint density at radius 2 is 1.75 bits per heavy atom. The Kier molecular flexibility index (Phi) is 6.60. The molecular formula is C12H19NO6S.